The summed E-state index contributed by atoms with van der Waals surface area (Å²) in [7, 11) is -3.31. The third kappa shape index (κ3) is 3.96. The van der Waals surface area contributed by atoms with Crippen molar-refractivity contribution in [2.75, 3.05) is 6.26 Å². The molecule has 6 heteroatoms. The van der Waals surface area contributed by atoms with E-state index in [-0.39, 0.29) is 10.5 Å². The fraction of sp³-hybridized carbons (Fsp3) is 0.0625. The van der Waals surface area contributed by atoms with Gasteiger partial charge in [-0.05, 0) is 41.5 Å². The van der Waals surface area contributed by atoms with Crippen molar-refractivity contribution < 1.29 is 18.3 Å². The average molecular weight is 337 g/mol. The second-order valence-electron chi connectivity index (χ2n) is 4.71. The summed E-state index contributed by atoms with van der Waals surface area (Å²) in [6.07, 6.45) is 2.61. The van der Waals surface area contributed by atoms with Crippen molar-refractivity contribution in [3.8, 4) is 0 Å². The first-order valence-electron chi connectivity index (χ1n) is 6.28. The third-order valence-electron chi connectivity index (χ3n) is 3.00. The first kappa shape index (κ1) is 16.3. The van der Waals surface area contributed by atoms with E-state index in [1.54, 1.807) is 24.3 Å². The monoisotopic (exact) mass is 336 g/mol. The molecule has 1 N–H and O–H groups in total. The number of carbonyl (C=O) groups is 1. The Hall–Kier alpha value is -2.11. The van der Waals surface area contributed by atoms with E-state index >= 15 is 0 Å². The highest BCUT2D eigenvalue weighted by atomic mass is 35.5. The number of hydrogen-bond acceptors (Lipinski definition) is 3. The summed E-state index contributed by atoms with van der Waals surface area (Å²) in [5.41, 5.74) is 1.19. The first-order valence-corrected chi connectivity index (χ1v) is 8.55. The molecular formula is C16H13ClO4S. The molecule has 2 aromatic rings. The molecule has 114 valence electrons. The lowest BCUT2D eigenvalue weighted by Crippen LogP contribution is -2.01. The summed E-state index contributed by atoms with van der Waals surface area (Å²) in [4.78, 5) is 11.6. The molecule has 2 aromatic carbocycles. The number of sulfone groups is 1. The minimum Gasteiger partial charge on any atom is -0.478 e. The van der Waals surface area contributed by atoms with Gasteiger partial charge in [0.25, 0.3) is 0 Å². The van der Waals surface area contributed by atoms with E-state index in [1.807, 2.05) is 0 Å². The summed E-state index contributed by atoms with van der Waals surface area (Å²) >= 11 is 5.79. The maximum Gasteiger partial charge on any atom is 0.336 e. The van der Waals surface area contributed by atoms with Crippen molar-refractivity contribution in [1.82, 2.24) is 0 Å². The number of carboxylic acid groups (broad SMARTS) is 1. The molecule has 0 bridgehead atoms. The van der Waals surface area contributed by atoms with Gasteiger partial charge in [0, 0.05) is 11.3 Å². The van der Waals surface area contributed by atoms with E-state index in [0.29, 0.717) is 16.1 Å². The smallest absolute Gasteiger partial charge is 0.336 e. The molecular weight excluding hydrogens is 324 g/mol. The summed E-state index contributed by atoms with van der Waals surface area (Å²) in [6.45, 7) is 0. The van der Waals surface area contributed by atoms with Gasteiger partial charge < -0.3 is 5.11 Å². The van der Waals surface area contributed by atoms with Crippen LogP contribution < -0.4 is 0 Å². The van der Waals surface area contributed by atoms with Crippen molar-refractivity contribution in [2.45, 2.75) is 4.90 Å². The van der Waals surface area contributed by atoms with Gasteiger partial charge in [-0.25, -0.2) is 13.2 Å². The highest BCUT2D eigenvalue weighted by molar-refractivity contribution is 7.90. The van der Waals surface area contributed by atoms with E-state index < -0.39 is 15.8 Å². The van der Waals surface area contributed by atoms with E-state index in [9.17, 15) is 18.3 Å². The zero-order valence-corrected chi connectivity index (χ0v) is 13.2. The van der Waals surface area contributed by atoms with Gasteiger partial charge in [0.05, 0.1) is 10.5 Å². The van der Waals surface area contributed by atoms with Crippen molar-refractivity contribution in [1.29, 1.82) is 0 Å². The summed E-state index contributed by atoms with van der Waals surface area (Å²) in [5.74, 6) is -1.10. The second-order valence-corrected chi connectivity index (χ2v) is 7.16. The van der Waals surface area contributed by atoms with Crippen LogP contribution in [0.4, 0.5) is 0 Å². The van der Waals surface area contributed by atoms with Gasteiger partial charge in [0.2, 0.25) is 0 Å². The fourth-order valence-electron chi connectivity index (χ4n) is 1.88. The Morgan fingerprint density at radius 2 is 1.59 bits per heavy atom. The number of rotatable bonds is 4. The van der Waals surface area contributed by atoms with Crippen LogP contribution in [0.2, 0.25) is 5.02 Å². The molecule has 0 saturated carbocycles. The molecule has 0 fully saturated rings. The average Bonchev–Trinajstić information content (AvgIpc) is 2.45. The van der Waals surface area contributed by atoms with Gasteiger partial charge in [0.15, 0.2) is 9.84 Å². The Balaban J connectivity index is 2.44. The highest BCUT2D eigenvalue weighted by Crippen LogP contribution is 2.21. The maximum atomic E-state index is 11.4. The second kappa shape index (κ2) is 6.34. The van der Waals surface area contributed by atoms with Gasteiger partial charge in [-0.2, -0.15) is 0 Å². The lowest BCUT2D eigenvalue weighted by atomic mass is 10.0. The Morgan fingerprint density at radius 3 is 2.05 bits per heavy atom. The van der Waals surface area contributed by atoms with Crippen molar-refractivity contribution >= 4 is 39.1 Å². The van der Waals surface area contributed by atoms with Crippen LogP contribution in [-0.4, -0.2) is 25.7 Å². The van der Waals surface area contributed by atoms with Crippen LogP contribution in [0.15, 0.2) is 53.4 Å². The predicted octanol–water partition coefficient (Wildman–Crippen LogP) is 3.37. The lowest BCUT2D eigenvalue weighted by Gasteiger charge is -2.05. The van der Waals surface area contributed by atoms with E-state index in [0.717, 1.165) is 6.26 Å². The minimum atomic E-state index is -3.31. The van der Waals surface area contributed by atoms with Gasteiger partial charge in [-0.15, -0.1) is 0 Å². The van der Waals surface area contributed by atoms with E-state index in [4.69, 9.17) is 11.6 Å². The number of halogens is 1. The quantitative estimate of drug-likeness (QED) is 0.686. The van der Waals surface area contributed by atoms with E-state index in [1.165, 1.54) is 30.3 Å². The number of benzene rings is 2. The molecule has 0 aliphatic carbocycles. The van der Waals surface area contributed by atoms with Crippen LogP contribution in [0, 0.1) is 0 Å². The molecule has 0 aliphatic rings. The number of hydrogen-bond donors (Lipinski definition) is 1. The number of carboxylic acids is 1. The largest absolute Gasteiger partial charge is 0.478 e. The van der Waals surface area contributed by atoms with Crippen LogP contribution in [0.25, 0.3) is 11.6 Å². The molecule has 0 heterocycles. The third-order valence-corrected chi connectivity index (χ3v) is 4.39. The molecule has 4 nitrogen and oxygen atoms in total. The van der Waals surface area contributed by atoms with Crippen LogP contribution in [-0.2, 0) is 14.6 Å². The molecule has 0 spiro atoms. The molecule has 0 aliphatic heterocycles. The molecule has 22 heavy (non-hydrogen) atoms. The minimum absolute atomic E-state index is 0.0716. The van der Waals surface area contributed by atoms with Gasteiger partial charge in [0.1, 0.15) is 0 Å². The van der Waals surface area contributed by atoms with Crippen molar-refractivity contribution in [3.63, 3.8) is 0 Å². The van der Waals surface area contributed by atoms with Crippen molar-refractivity contribution in [3.05, 3.63) is 64.7 Å². The SMILES string of the molecule is CS(=O)(=O)c1ccc(/C(=C\c2ccc(Cl)cc2)C(=O)O)cc1. The molecule has 0 radical (unpaired) electrons. The fourth-order valence-corrected chi connectivity index (χ4v) is 2.63. The van der Waals surface area contributed by atoms with Crippen LogP contribution in [0.1, 0.15) is 11.1 Å². The molecule has 0 saturated heterocycles. The molecule has 0 aromatic heterocycles. The number of aliphatic carboxylic acids is 1. The maximum absolute atomic E-state index is 11.4. The van der Waals surface area contributed by atoms with Gasteiger partial charge in [-0.3, -0.25) is 0 Å². The molecule has 0 amide bonds. The van der Waals surface area contributed by atoms with Gasteiger partial charge >= 0.3 is 5.97 Å². The lowest BCUT2D eigenvalue weighted by molar-refractivity contribution is -0.130. The van der Waals surface area contributed by atoms with Crippen LogP contribution >= 0.6 is 11.6 Å². The first-order chi connectivity index (χ1) is 10.3. The van der Waals surface area contributed by atoms with Gasteiger partial charge in [-0.1, -0.05) is 35.9 Å². The Kier molecular flexibility index (Phi) is 4.68. The summed E-state index contributed by atoms with van der Waals surface area (Å²) < 4.78 is 22.9. The Labute approximate surface area is 133 Å². The van der Waals surface area contributed by atoms with Crippen LogP contribution in [0.5, 0.6) is 0 Å². The molecule has 2 rings (SSSR count). The van der Waals surface area contributed by atoms with Crippen molar-refractivity contribution in [2.24, 2.45) is 0 Å². The standard InChI is InChI=1S/C16H13ClO4S/c1-22(20,21)14-8-4-12(5-9-14)15(16(18)19)10-11-2-6-13(17)7-3-11/h2-10H,1H3,(H,18,19)/b15-10+. The Bertz CT molecular complexity index is 819. The molecule has 0 atom stereocenters. The topological polar surface area (TPSA) is 71.4 Å². The van der Waals surface area contributed by atoms with E-state index in [2.05, 4.69) is 0 Å². The highest BCUT2D eigenvalue weighted by Gasteiger charge is 2.12. The zero-order chi connectivity index (χ0) is 16.3. The zero-order valence-electron chi connectivity index (χ0n) is 11.7. The molecule has 0 unspecified atom stereocenters. The Morgan fingerprint density at radius 1 is 1.05 bits per heavy atom. The summed E-state index contributed by atoms with van der Waals surface area (Å²) in [6, 6.07) is 12.5. The summed E-state index contributed by atoms with van der Waals surface area (Å²) in [5, 5.41) is 9.92. The van der Waals surface area contributed by atoms with Crippen LogP contribution in [0.3, 0.4) is 0 Å². The predicted molar refractivity (Wildman–Crippen MR) is 86.5 cm³/mol. The normalized spacial score (nSPS) is 12.2.